The van der Waals surface area contributed by atoms with Crippen molar-refractivity contribution >= 4 is 38.4 Å². The van der Waals surface area contributed by atoms with Crippen molar-refractivity contribution in [2.75, 3.05) is 6.61 Å². The van der Waals surface area contributed by atoms with Gasteiger partial charge in [0, 0.05) is 22.7 Å². The predicted octanol–water partition coefficient (Wildman–Crippen LogP) is 4.76. The molecule has 0 aliphatic carbocycles. The highest BCUT2D eigenvalue weighted by Crippen LogP contribution is 2.34. The van der Waals surface area contributed by atoms with Crippen LogP contribution in [-0.2, 0) is 4.74 Å². The second-order valence-corrected chi connectivity index (χ2v) is 5.54. The monoisotopic (exact) mass is 313 g/mol. The summed E-state index contributed by atoms with van der Waals surface area (Å²) in [7, 11) is 0. The molecule has 1 fully saturated rings. The van der Waals surface area contributed by atoms with E-state index in [1.54, 1.807) is 0 Å². The first-order valence-electron chi connectivity index (χ1n) is 5.83. The van der Waals surface area contributed by atoms with Gasteiger partial charge in [0.1, 0.15) is 6.23 Å². The van der Waals surface area contributed by atoms with Crippen molar-refractivity contribution in [2.24, 2.45) is 0 Å². The number of hydrogen-bond donors (Lipinski definition) is 0. The lowest BCUT2D eigenvalue weighted by atomic mass is 10.2. The van der Waals surface area contributed by atoms with E-state index in [0.717, 1.165) is 27.9 Å². The molecule has 1 aromatic heterocycles. The number of ether oxygens (including phenoxy) is 1. The highest BCUT2D eigenvalue weighted by molar-refractivity contribution is 9.10. The fourth-order valence-electron chi connectivity index (χ4n) is 2.37. The van der Waals surface area contributed by atoms with Crippen molar-refractivity contribution in [2.45, 2.75) is 25.5 Å². The van der Waals surface area contributed by atoms with Crippen molar-refractivity contribution in [3.63, 3.8) is 0 Å². The summed E-state index contributed by atoms with van der Waals surface area (Å²) in [4.78, 5) is 0. The van der Waals surface area contributed by atoms with Crippen molar-refractivity contribution in [1.82, 2.24) is 4.57 Å². The average molecular weight is 315 g/mol. The maximum Gasteiger partial charge on any atom is 0.133 e. The summed E-state index contributed by atoms with van der Waals surface area (Å²) in [6, 6.07) is 6.07. The van der Waals surface area contributed by atoms with E-state index in [4.69, 9.17) is 16.3 Å². The molecule has 2 aromatic rings. The third kappa shape index (κ3) is 2.01. The number of benzene rings is 1. The molecule has 1 unspecified atom stereocenters. The van der Waals surface area contributed by atoms with E-state index >= 15 is 0 Å². The molecule has 3 rings (SSSR count). The Bertz CT molecular complexity index is 546. The molecule has 0 spiro atoms. The molecule has 1 saturated heterocycles. The molecule has 0 amide bonds. The van der Waals surface area contributed by atoms with Crippen molar-refractivity contribution < 1.29 is 4.74 Å². The van der Waals surface area contributed by atoms with E-state index < -0.39 is 0 Å². The lowest BCUT2D eigenvalue weighted by molar-refractivity contribution is -0.0291. The minimum absolute atomic E-state index is 0.175. The summed E-state index contributed by atoms with van der Waals surface area (Å²) in [6.45, 7) is 0.860. The van der Waals surface area contributed by atoms with Crippen molar-refractivity contribution in [1.29, 1.82) is 0 Å². The summed E-state index contributed by atoms with van der Waals surface area (Å²) >= 11 is 9.63. The van der Waals surface area contributed by atoms with E-state index in [1.165, 1.54) is 18.4 Å². The minimum Gasteiger partial charge on any atom is -0.358 e. The molecule has 0 radical (unpaired) electrons. The molecule has 0 bridgehead atoms. The van der Waals surface area contributed by atoms with Gasteiger partial charge in [0.2, 0.25) is 0 Å². The molecule has 2 nitrogen and oxygen atoms in total. The van der Waals surface area contributed by atoms with Crippen LogP contribution in [0.15, 0.2) is 28.9 Å². The summed E-state index contributed by atoms with van der Waals surface area (Å²) in [6.07, 6.45) is 5.75. The van der Waals surface area contributed by atoms with E-state index in [-0.39, 0.29) is 6.23 Å². The molecule has 1 aliphatic heterocycles. The van der Waals surface area contributed by atoms with Crippen LogP contribution in [0.1, 0.15) is 25.5 Å². The number of nitrogens with zero attached hydrogens (tertiary/aromatic N) is 1. The number of fused-ring (bicyclic) bond motifs is 1. The third-order valence-electron chi connectivity index (χ3n) is 3.26. The number of rotatable bonds is 1. The Hall–Kier alpha value is -0.510. The van der Waals surface area contributed by atoms with Crippen LogP contribution in [0.25, 0.3) is 10.9 Å². The highest BCUT2D eigenvalue weighted by Gasteiger charge is 2.18. The van der Waals surface area contributed by atoms with E-state index in [1.807, 2.05) is 6.07 Å². The molecule has 17 heavy (non-hydrogen) atoms. The highest BCUT2D eigenvalue weighted by atomic mass is 79.9. The lowest BCUT2D eigenvalue weighted by Crippen LogP contribution is -2.17. The molecule has 1 atom stereocenters. The molecule has 1 aliphatic rings. The summed E-state index contributed by atoms with van der Waals surface area (Å²) in [5.74, 6) is 0. The van der Waals surface area contributed by atoms with Crippen LogP contribution in [0.5, 0.6) is 0 Å². The van der Waals surface area contributed by atoms with Gasteiger partial charge in [-0.15, -0.1) is 0 Å². The van der Waals surface area contributed by atoms with E-state index in [9.17, 15) is 0 Å². The number of halogens is 2. The zero-order chi connectivity index (χ0) is 11.8. The molecule has 1 aromatic carbocycles. The van der Waals surface area contributed by atoms with Gasteiger partial charge in [-0.05, 0) is 53.4 Å². The van der Waals surface area contributed by atoms with Gasteiger partial charge in [0.25, 0.3) is 0 Å². The molecular formula is C13H13BrClNO. The van der Waals surface area contributed by atoms with Crippen molar-refractivity contribution in [3.8, 4) is 0 Å². The number of aromatic nitrogens is 1. The quantitative estimate of drug-likeness (QED) is 0.740. The van der Waals surface area contributed by atoms with E-state index in [0.29, 0.717) is 0 Å². The predicted molar refractivity (Wildman–Crippen MR) is 73.5 cm³/mol. The number of hydrogen-bond acceptors (Lipinski definition) is 1. The fourth-order valence-corrected chi connectivity index (χ4v) is 3.00. The van der Waals surface area contributed by atoms with Crippen LogP contribution >= 0.6 is 27.5 Å². The second-order valence-electron chi connectivity index (χ2n) is 4.34. The largest absolute Gasteiger partial charge is 0.358 e. The smallest absolute Gasteiger partial charge is 0.133 e. The summed E-state index contributed by atoms with van der Waals surface area (Å²) in [5, 5.41) is 1.89. The van der Waals surface area contributed by atoms with Crippen LogP contribution in [0.3, 0.4) is 0 Å². The van der Waals surface area contributed by atoms with Crippen LogP contribution in [0.4, 0.5) is 0 Å². The third-order valence-corrected chi connectivity index (χ3v) is 4.65. The standard InChI is InChI=1S/C13H13BrClNO/c14-13-9-6-7-16(11(9)5-4-10(13)15)12-3-1-2-8-17-12/h4-7,12H,1-3,8H2. The molecule has 90 valence electrons. The molecule has 2 heterocycles. The first-order chi connectivity index (χ1) is 8.27. The zero-order valence-electron chi connectivity index (χ0n) is 9.33. The van der Waals surface area contributed by atoms with Crippen LogP contribution < -0.4 is 0 Å². The Labute approximate surface area is 114 Å². The second kappa shape index (κ2) is 4.63. The average Bonchev–Trinajstić information content (AvgIpc) is 2.79. The summed E-state index contributed by atoms with van der Waals surface area (Å²) < 4.78 is 8.98. The topological polar surface area (TPSA) is 14.2 Å². The van der Waals surface area contributed by atoms with Gasteiger partial charge >= 0.3 is 0 Å². The van der Waals surface area contributed by atoms with Gasteiger partial charge in [-0.3, -0.25) is 0 Å². The fraction of sp³-hybridized carbons (Fsp3) is 0.385. The lowest BCUT2D eigenvalue weighted by Gasteiger charge is -2.24. The molecule has 0 saturated carbocycles. The van der Waals surface area contributed by atoms with Gasteiger partial charge in [-0.25, -0.2) is 0 Å². The maximum atomic E-state index is 6.10. The van der Waals surface area contributed by atoms with E-state index in [2.05, 4.69) is 38.8 Å². The molecule has 0 N–H and O–H groups in total. The first-order valence-corrected chi connectivity index (χ1v) is 7.00. The van der Waals surface area contributed by atoms with Crippen LogP contribution in [-0.4, -0.2) is 11.2 Å². The summed E-state index contributed by atoms with van der Waals surface area (Å²) in [5.41, 5.74) is 1.17. The molecule has 4 heteroatoms. The van der Waals surface area contributed by atoms with Gasteiger partial charge in [-0.1, -0.05) is 11.6 Å². The Morgan fingerprint density at radius 2 is 2.18 bits per heavy atom. The minimum atomic E-state index is 0.175. The van der Waals surface area contributed by atoms with Gasteiger partial charge in [-0.2, -0.15) is 0 Å². The van der Waals surface area contributed by atoms with Gasteiger partial charge < -0.3 is 9.30 Å². The maximum absolute atomic E-state index is 6.10. The normalized spacial score (nSPS) is 20.9. The Morgan fingerprint density at radius 1 is 1.29 bits per heavy atom. The van der Waals surface area contributed by atoms with Gasteiger partial charge in [0.15, 0.2) is 0 Å². The van der Waals surface area contributed by atoms with Crippen molar-refractivity contribution in [3.05, 3.63) is 33.9 Å². The zero-order valence-corrected chi connectivity index (χ0v) is 11.7. The van der Waals surface area contributed by atoms with Crippen LogP contribution in [0, 0.1) is 0 Å². The van der Waals surface area contributed by atoms with Gasteiger partial charge in [0.05, 0.1) is 10.5 Å². The Morgan fingerprint density at radius 3 is 2.94 bits per heavy atom. The van der Waals surface area contributed by atoms with Crippen LogP contribution in [0.2, 0.25) is 5.02 Å². The Balaban J connectivity index is 2.08. The molecular weight excluding hydrogens is 302 g/mol. The SMILES string of the molecule is Clc1ccc2c(ccn2C2CCCCO2)c1Br. The Kier molecular flexibility index (Phi) is 3.16. The first kappa shape index (κ1) is 11.6.